The van der Waals surface area contributed by atoms with Crippen LogP contribution in [0.5, 0.6) is 0 Å². The van der Waals surface area contributed by atoms with Crippen LogP contribution in [-0.2, 0) is 22.2 Å². The molecule has 7 nitrogen and oxygen atoms in total. The largest absolute Gasteiger partial charge is 0.397 e. The van der Waals surface area contributed by atoms with Gasteiger partial charge in [0.2, 0.25) is 0 Å². The van der Waals surface area contributed by atoms with Crippen LogP contribution < -0.4 is 22.5 Å². The molecular weight excluding hydrogens is 1140 g/mol. The molecule has 0 aliphatic heterocycles. The van der Waals surface area contributed by atoms with Gasteiger partial charge in [-0.1, -0.05) is 67.5 Å². The summed E-state index contributed by atoms with van der Waals surface area (Å²) < 4.78 is 105. The number of benzene rings is 5. The van der Waals surface area contributed by atoms with Crippen molar-refractivity contribution < 1.29 is 40.2 Å². The molecule has 0 unspecified atom stereocenters. The number of thioether (sulfide) groups is 2. The Morgan fingerprint density at radius 1 is 0.574 bits per heavy atom. The van der Waals surface area contributed by atoms with Gasteiger partial charge in [0.05, 0.1) is 5.69 Å². The highest BCUT2D eigenvalue weighted by Crippen LogP contribution is 2.26. The van der Waals surface area contributed by atoms with Crippen molar-refractivity contribution in [3.05, 3.63) is 160 Å². The average Bonchev–Trinajstić information content (AvgIpc) is 3.17. The second-order valence-electron chi connectivity index (χ2n) is 11.2. The molecular formula is C39H38Br4F8N6OS3. The third-order valence-electron chi connectivity index (χ3n) is 6.85. The fourth-order valence-corrected chi connectivity index (χ4v) is 6.85. The van der Waals surface area contributed by atoms with E-state index in [2.05, 4.69) is 59.4 Å². The van der Waals surface area contributed by atoms with Gasteiger partial charge < -0.3 is 27.6 Å². The predicted octanol–water partition coefficient (Wildman–Crippen LogP) is 12.5. The third kappa shape index (κ3) is 22.1. The highest BCUT2D eigenvalue weighted by atomic mass is 79.9. The van der Waals surface area contributed by atoms with E-state index in [1.165, 1.54) is 30.3 Å². The number of thiocarbonyl (C=S) groups is 1. The zero-order chi connectivity index (χ0) is 44.1. The number of rotatable bonds is 9. The maximum absolute atomic E-state index is 13.8. The minimum Gasteiger partial charge on any atom is -0.397 e. The lowest BCUT2D eigenvalue weighted by Crippen LogP contribution is -2.19. The highest BCUT2D eigenvalue weighted by molar-refractivity contribution is 9.09. The lowest BCUT2D eigenvalue weighted by atomic mass is 10.1. The number of nitrogens with one attached hydrogen (secondary N) is 1. The van der Waals surface area contributed by atoms with Gasteiger partial charge in [-0.3, -0.25) is 0 Å². The lowest BCUT2D eigenvalue weighted by Gasteiger charge is -2.10. The van der Waals surface area contributed by atoms with Crippen LogP contribution in [0.4, 0.5) is 52.2 Å². The number of hydrogen-bond acceptors (Lipinski definition) is 6. The summed E-state index contributed by atoms with van der Waals surface area (Å²) in [5.41, 5.74) is 20.1. The molecule has 0 fully saturated rings. The Hall–Kier alpha value is -3.25. The van der Waals surface area contributed by atoms with E-state index in [0.29, 0.717) is 28.6 Å². The summed E-state index contributed by atoms with van der Waals surface area (Å²) in [6.45, 7) is 1.93. The van der Waals surface area contributed by atoms with E-state index in [1.54, 1.807) is 25.1 Å². The first-order chi connectivity index (χ1) is 28.0. The number of hydrogen-bond donors (Lipinski definition) is 5. The smallest absolute Gasteiger partial charge is 0.168 e. The highest BCUT2D eigenvalue weighted by Gasteiger charge is 2.10. The quantitative estimate of drug-likeness (QED) is 0.0324. The van der Waals surface area contributed by atoms with Crippen LogP contribution in [0, 0.1) is 46.5 Å². The molecule has 22 heteroatoms. The van der Waals surface area contributed by atoms with E-state index in [-0.39, 0.29) is 90.4 Å². The Labute approximate surface area is 399 Å². The van der Waals surface area contributed by atoms with Gasteiger partial charge in [0.25, 0.3) is 0 Å². The number of aliphatic hydroxyl groups is 1. The minimum absolute atomic E-state index is 0. The van der Waals surface area contributed by atoms with Gasteiger partial charge in [0.1, 0.15) is 46.3 Å². The zero-order valence-electron chi connectivity index (χ0n) is 31.6. The van der Waals surface area contributed by atoms with E-state index >= 15 is 0 Å². The van der Waals surface area contributed by atoms with Crippen LogP contribution >= 0.6 is 102 Å². The van der Waals surface area contributed by atoms with Gasteiger partial charge in [-0.2, -0.15) is 0 Å². The molecule has 332 valence electrons. The van der Waals surface area contributed by atoms with E-state index < -0.39 is 40.7 Å². The molecule has 0 aromatic heterocycles. The number of halogens is 12. The van der Waals surface area contributed by atoms with Crippen molar-refractivity contribution in [2.45, 2.75) is 29.1 Å². The summed E-state index contributed by atoms with van der Waals surface area (Å²) in [5, 5.41) is 11.4. The van der Waals surface area contributed by atoms with E-state index in [1.807, 2.05) is 0 Å². The molecule has 8 N–H and O–H groups in total. The number of amidine groups is 2. The maximum Gasteiger partial charge on any atom is 0.168 e. The van der Waals surface area contributed by atoms with Gasteiger partial charge in [-0.25, -0.2) is 45.1 Å². The van der Waals surface area contributed by atoms with Crippen LogP contribution in [0.1, 0.15) is 29.2 Å². The number of aliphatic hydroxyl groups excluding tert-OH is 1. The summed E-state index contributed by atoms with van der Waals surface area (Å²) >= 11 is 13.2. The van der Waals surface area contributed by atoms with Gasteiger partial charge in [0, 0.05) is 47.0 Å². The molecule has 0 aliphatic carbocycles. The van der Waals surface area contributed by atoms with Crippen molar-refractivity contribution in [2.75, 3.05) is 11.9 Å². The first-order valence-electron chi connectivity index (χ1n) is 16.6. The molecule has 0 spiro atoms. The maximum atomic E-state index is 13.8. The average molecular weight is 1170 g/mol. The Balaban J connectivity index is 0.00000105. The number of nitrogens with two attached hydrogens (primary N) is 3. The van der Waals surface area contributed by atoms with Crippen molar-refractivity contribution in [3.8, 4) is 0 Å². The van der Waals surface area contributed by atoms with Crippen LogP contribution in [0.15, 0.2) is 101 Å². The molecule has 0 radical (unpaired) electrons. The zero-order valence-corrected chi connectivity index (χ0v) is 40.6. The monoisotopic (exact) mass is 1170 g/mol. The standard InChI is InChI=1S/C22H17F5N4S2.C8H7Br2F.C7H6F2N2S.C2H6O.2BrH/c23-14-2-1-12(10-32-21(28)30-19-5-3-15(24)8-17(19)26)13(7-14)11-33-22(29)31-20-6-4-16(25)9-18(20)27;9-4-6-1-2-8(11)3-7(6)5-10;8-4-1-2-6(5(9)3-4)11-7(10)12;1-2-3;;/h1-9H,10-11H2,(H2,28,30)(H2,29,31);1-3H,4-5H2;1-3H,(H3,10,11,12);3H,2H2,1H3;2*1H. The fourth-order valence-electron chi connectivity index (χ4n) is 4.19. The molecule has 61 heavy (non-hydrogen) atoms. The minimum atomic E-state index is -0.853. The van der Waals surface area contributed by atoms with Gasteiger partial charge in [-0.05, 0) is 102 Å². The Bertz CT molecular complexity index is 2230. The summed E-state index contributed by atoms with van der Waals surface area (Å²) in [6.07, 6.45) is 0. The molecule has 0 saturated heterocycles. The Morgan fingerprint density at radius 2 is 0.934 bits per heavy atom. The van der Waals surface area contributed by atoms with Gasteiger partial charge in [-0.15, -0.1) is 34.0 Å². The van der Waals surface area contributed by atoms with Crippen molar-refractivity contribution >= 4 is 134 Å². The second-order valence-corrected chi connectivity index (χ2v) is 14.7. The van der Waals surface area contributed by atoms with Crippen molar-refractivity contribution in [3.63, 3.8) is 0 Å². The molecule has 0 amide bonds. The first-order valence-corrected chi connectivity index (χ1v) is 21.2. The Morgan fingerprint density at radius 3 is 1.34 bits per heavy atom. The fraction of sp³-hybridized carbons (Fsp3) is 0.154. The number of aliphatic imine (C=N–C) groups is 2. The molecule has 0 bridgehead atoms. The summed E-state index contributed by atoms with van der Waals surface area (Å²) in [4.78, 5) is 7.85. The summed E-state index contributed by atoms with van der Waals surface area (Å²) in [7, 11) is 0. The molecule has 0 saturated carbocycles. The van der Waals surface area contributed by atoms with Crippen LogP contribution in [0.3, 0.4) is 0 Å². The summed E-state index contributed by atoms with van der Waals surface area (Å²) in [5.74, 6) is -4.64. The van der Waals surface area contributed by atoms with Crippen molar-refractivity contribution in [1.29, 1.82) is 0 Å². The lowest BCUT2D eigenvalue weighted by molar-refractivity contribution is 0.318. The molecule has 5 rings (SSSR count). The van der Waals surface area contributed by atoms with Crippen LogP contribution in [0.2, 0.25) is 0 Å². The number of nitrogens with zero attached hydrogens (tertiary/aromatic N) is 2. The second kappa shape index (κ2) is 30.7. The summed E-state index contributed by atoms with van der Waals surface area (Å²) in [6, 6.07) is 17.9. The normalized spacial score (nSPS) is 10.6. The topological polar surface area (TPSA) is 135 Å². The molecule has 5 aromatic rings. The molecule has 0 atom stereocenters. The molecule has 5 aromatic carbocycles. The van der Waals surface area contributed by atoms with Gasteiger partial charge >= 0.3 is 0 Å². The van der Waals surface area contributed by atoms with E-state index in [0.717, 1.165) is 70.3 Å². The molecule has 0 heterocycles. The number of alkyl halides is 2. The predicted molar refractivity (Wildman–Crippen MR) is 256 cm³/mol. The Kier molecular flexibility index (Phi) is 29.1. The van der Waals surface area contributed by atoms with Crippen molar-refractivity contribution in [2.24, 2.45) is 27.2 Å². The van der Waals surface area contributed by atoms with E-state index in [4.69, 9.17) is 22.3 Å². The van der Waals surface area contributed by atoms with E-state index in [9.17, 15) is 35.1 Å². The number of anilines is 1. The van der Waals surface area contributed by atoms with Gasteiger partial charge in [0.15, 0.2) is 27.1 Å². The molecule has 0 aliphatic rings. The first kappa shape index (κ1) is 57.8. The third-order valence-corrected chi connectivity index (χ3v) is 9.84. The van der Waals surface area contributed by atoms with Crippen molar-refractivity contribution in [1.82, 2.24) is 0 Å². The van der Waals surface area contributed by atoms with Crippen LogP contribution in [-0.4, -0.2) is 27.2 Å². The SMILES string of the molecule is Br.Br.CCO.Fc1ccc(CBr)c(CBr)c1.NC(=Nc1ccc(F)cc1F)SCc1ccc(F)cc1CSC(N)=Nc1ccc(F)cc1F.NC(=S)Nc1ccc(F)cc1F. The van der Waals surface area contributed by atoms with Crippen LogP contribution in [0.25, 0.3) is 0 Å².